The van der Waals surface area contributed by atoms with Gasteiger partial charge in [-0.3, -0.25) is 4.79 Å². The van der Waals surface area contributed by atoms with Crippen LogP contribution in [0.25, 0.3) is 0 Å². The van der Waals surface area contributed by atoms with Gasteiger partial charge in [0.15, 0.2) is 6.54 Å². The minimum absolute atomic E-state index is 0. The second-order valence-corrected chi connectivity index (χ2v) is 8.51. The number of rotatable bonds is 8. The molecule has 0 spiro atoms. The average molecular weight is 377 g/mol. The zero-order valence-electron chi connectivity index (χ0n) is 16.8. The van der Waals surface area contributed by atoms with Gasteiger partial charge in [-0.25, -0.2) is 4.79 Å². The molecule has 0 bridgehead atoms. The molecule has 148 valence electrons. The van der Waals surface area contributed by atoms with E-state index in [2.05, 4.69) is 26.1 Å². The van der Waals surface area contributed by atoms with E-state index in [1.165, 1.54) is 13.3 Å². The van der Waals surface area contributed by atoms with Gasteiger partial charge in [-0.1, -0.05) is 27.2 Å². The van der Waals surface area contributed by atoms with Gasteiger partial charge in [0.2, 0.25) is 5.91 Å². The van der Waals surface area contributed by atoms with Crippen molar-refractivity contribution < 1.29 is 31.2 Å². The summed E-state index contributed by atoms with van der Waals surface area (Å²) in [6.45, 7) is 10.1. The van der Waals surface area contributed by atoms with E-state index in [0.717, 1.165) is 25.8 Å². The molecule has 0 aliphatic heterocycles. The van der Waals surface area contributed by atoms with E-state index in [1.807, 2.05) is 14.1 Å². The van der Waals surface area contributed by atoms with Gasteiger partial charge >= 0.3 is 5.97 Å². The molecule has 6 heteroatoms. The molecule has 0 saturated heterocycles. The second-order valence-electron chi connectivity index (χ2n) is 8.51. The van der Waals surface area contributed by atoms with Crippen molar-refractivity contribution in [2.45, 2.75) is 59.5 Å². The molecule has 25 heavy (non-hydrogen) atoms. The van der Waals surface area contributed by atoms with E-state index in [9.17, 15) is 9.59 Å². The maximum atomic E-state index is 12.4. The van der Waals surface area contributed by atoms with Crippen molar-refractivity contribution in [3.8, 4) is 0 Å². The van der Waals surface area contributed by atoms with Crippen LogP contribution in [-0.4, -0.2) is 56.2 Å². The van der Waals surface area contributed by atoms with Crippen LogP contribution in [0.3, 0.4) is 0 Å². The molecular formula is C19H37ClN2O3. The zero-order chi connectivity index (χ0) is 18.3. The number of nitrogens with one attached hydrogen (secondary N) is 1. The Kier molecular flexibility index (Phi) is 10.7. The molecule has 1 aliphatic carbocycles. The second kappa shape index (κ2) is 11.0. The summed E-state index contributed by atoms with van der Waals surface area (Å²) in [5.41, 5.74) is 0. The fraction of sp³-hybridized carbons (Fsp3) is 0.895. The number of carbonyl (C=O) groups excluding carboxylic acids is 2. The molecule has 5 nitrogen and oxygen atoms in total. The van der Waals surface area contributed by atoms with Crippen molar-refractivity contribution in [1.82, 2.24) is 5.32 Å². The number of likely N-dealkylation sites (N-methyl/N-ethyl adjacent to an activating group) is 1. The smallest absolute Gasteiger partial charge is 0.362 e. The molecule has 3 atom stereocenters. The van der Waals surface area contributed by atoms with Crippen LogP contribution in [-0.2, 0) is 14.3 Å². The SMILES string of the molecule is CC(=O)NCCC[N+](C)(C)CC(=O)O[C@H]1C[C@@H](C)CC[C@@H]1C(C)C.[Cl-]. The Bertz CT molecular complexity index is 427. The van der Waals surface area contributed by atoms with Gasteiger partial charge in [0.1, 0.15) is 6.10 Å². The van der Waals surface area contributed by atoms with Crippen LogP contribution in [0, 0.1) is 17.8 Å². The molecule has 1 amide bonds. The van der Waals surface area contributed by atoms with Crippen LogP contribution in [0.4, 0.5) is 0 Å². The first-order valence-electron chi connectivity index (χ1n) is 9.36. The summed E-state index contributed by atoms with van der Waals surface area (Å²) in [5.74, 6) is 1.57. The summed E-state index contributed by atoms with van der Waals surface area (Å²) < 4.78 is 6.48. The normalized spacial score (nSPS) is 23.7. The van der Waals surface area contributed by atoms with Gasteiger partial charge in [-0.05, 0) is 30.6 Å². The number of nitrogens with zero attached hydrogens (tertiary/aromatic N) is 1. The minimum atomic E-state index is -0.0933. The summed E-state index contributed by atoms with van der Waals surface area (Å²) in [5, 5.41) is 2.80. The molecule has 0 heterocycles. The average Bonchev–Trinajstić information content (AvgIpc) is 2.42. The third-order valence-corrected chi connectivity index (χ3v) is 5.12. The molecule has 1 fully saturated rings. The Morgan fingerprint density at radius 2 is 1.88 bits per heavy atom. The Morgan fingerprint density at radius 3 is 2.44 bits per heavy atom. The number of halogens is 1. The maximum Gasteiger partial charge on any atom is 0.362 e. The fourth-order valence-electron chi connectivity index (χ4n) is 3.66. The number of amides is 1. The van der Waals surface area contributed by atoms with Gasteiger partial charge in [0.05, 0.1) is 20.6 Å². The predicted molar refractivity (Wildman–Crippen MR) is 96.4 cm³/mol. The van der Waals surface area contributed by atoms with Crippen LogP contribution in [0.5, 0.6) is 0 Å². The molecule has 1 aliphatic rings. The summed E-state index contributed by atoms with van der Waals surface area (Å²) in [6, 6.07) is 0. The number of hydrogen-bond acceptors (Lipinski definition) is 3. The molecule has 1 N–H and O–H groups in total. The molecule has 0 radical (unpaired) electrons. The lowest BCUT2D eigenvalue weighted by molar-refractivity contribution is -0.883. The molecule has 0 aromatic carbocycles. The zero-order valence-corrected chi connectivity index (χ0v) is 17.6. The third kappa shape index (κ3) is 9.45. The molecule has 1 saturated carbocycles. The van der Waals surface area contributed by atoms with Crippen molar-refractivity contribution >= 4 is 11.9 Å². The van der Waals surface area contributed by atoms with E-state index in [4.69, 9.17) is 4.74 Å². The topological polar surface area (TPSA) is 55.4 Å². The van der Waals surface area contributed by atoms with Crippen LogP contribution < -0.4 is 17.7 Å². The molecule has 0 aromatic rings. The maximum absolute atomic E-state index is 12.4. The minimum Gasteiger partial charge on any atom is -1.00 e. The Balaban J connectivity index is 0.00000576. The predicted octanol–water partition coefficient (Wildman–Crippen LogP) is -0.403. The van der Waals surface area contributed by atoms with Crippen LogP contribution >= 0.6 is 0 Å². The summed E-state index contributed by atoms with van der Waals surface area (Å²) in [4.78, 5) is 23.3. The fourth-order valence-corrected chi connectivity index (χ4v) is 3.66. The van der Waals surface area contributed by atoms with E-state index in [-0.39, 0.29) is 30.4 Å². The first-order valence-corrected chi connectivity index (χ1v) is 9.36. The number of esters is 1. The highest BCUT2D eigenvalue weighted by atomic mass is 35.5. The van der Waals surface area contributed by atoms with Crippen LogP contribution in [0.2, 0.25) is 0 Å². The van der Waals surface area contributed by atoms with E-state index in [1.54, 1.807) is 0 Å². The van der Waals surface area contributed by atoms with Crippen molar-refractivity contribution in [1.29, 1.82) is 0 Å². The highest BCUT2D eigenvalue weighted by Gasteiger charge is 2.34. The standard InChI is InChI=1S/C19H36N2O3.ClH/c1-14(2)17-9-8-15(3)12-18(17)24-19(23)13-21(5,6)11-7-10-20-16(4)22;/h14-15,17-18H,7-13H2,1-6H3;1H/t15-,17+,18-;/m0./s1. The van der Waals surface area contributed by atoms with Gasteiger partial charge in [-0.2, -0.15) is 0 Å². The first kappa shape index (κ1) is 24.2. The van der Waals surface area contributed by atoms with Gasteiger partial charge in [0.25, 0.3) is 0 Å². The number of carbonyl (C=O) groups is 2. The van der Waals surface area contributed by atoms with Crippen LogP contribution in [0.1, 0.15) is 53.4 Å². The number of ether oxygens (including phenoxy) is 1. The monoisotopic (exact) mass is 376 g/mol. The summed E-state index contributed by atoms with van der Waals surface area (Å²) in [7, 11) is 4.08. The van der Waals surface area contributed by atoms with Crippen molar-refractivity contribution in [2.75, 3.05) is 33.7 Å². The Labute approximate surface area is 159 Å². The van der Waals surface area contributed by atoms with Crippen molar-refractivity contribution in [3.63, 3.8) is 0 Å². The lowest BCUT2D eigenvalue weighted by Gasteiger charge is -2.37. The summed E-state index contributed by atoms with van der Waals surface area (Å²) >= 11 is 0. The largest absolute Gasteiger partial charge is 1.00 e. The van der Waals surface area contributed by atoms with Gasteiger partial charge < -0.3 is 26.9 Å². The molecule has 1 rings (SSSR count). The van der Waals surface area contributed by atoms with Crippen molar-refractivity contribution in [2.24, 2.45) is 17.8 Å². The Hall–Kier alpha value is -0.810. The van der Waals surface area contributed by atoms with Crippen LogP contribution in [0.15, 0.2) is 0 Å². The molecule has 0 unspecified atom stereocenters. The lowest BCUT2D eigenvalue weighted by Crippen LogP contribution is -3.00. The highest BCUT2D eigenvalue weighted by molar-refractivity contribution is 5.72. The quantitative estimate of drug-likeness (QED) is 0.356. The number of hydrogen-bond donors (Lipinski definition) is 1. The first-order chi connectivity index (χ1) is 11.1. The summed E-state index contributed by atoms with van der Waals surface area (Å²) in [6.07, 6.45) is 4.31. The van der Waals surface area contributed by atoms with Gasteiger partial charge in [-0.15, -0.1) is 0 Å². The number of quaternary nitrogens is 1. The Morgan fingerprint density at radius 1 is 1.24 bits per heavy atom. The van der Waals surface area contributed by atoms with E-state index >= 15 is 0 Å². The lowest BCUT2D eigenvalue weighted by atomic mass is 9.75. The van der Waals surface area contributed by atoms with Gasteiger partial charge in [0, 0.05) is 19.9 Å². The molecule has 0 aromatic heterocycles. The third-order valence-electron chi connectivity index (χ3n) is 5.12. The highest BCUT2D eigenvalue weighted by Crippen LogP contribution is 2.35. The van der Waals surface area contributed by atoms with E-state index < -0.39 is 0 Å². The van der Waals surface area contributed by atoms with Crippen molar-refractivity contribution in [3.05, 3.63) is 0 Å². The molecular weight excluding hydrogens is 340 g/mol. The van der Waals surface area contributed by atoms with E-state index in [0.29, 0.717) is 35.3 Å².